The Morgan fingerprint density at radius 1 is 1.07 bits per heavy atom. The van der Waals surface area contributed by atoms with E-state index in [9.17, 15) is 0 Å². The first-order valence-corrected chi connectivity index (χ1v) is 5.74. The van der Waals surface area contributed by atoms with E-state index in [0.717, 1.165) is 28.7 Å². The van der Waals surface area contributed by atoms with Crippen LogP contribution in [0.1, 0.15) is 13.3 Å². The van der Waals surface area contributed by atoms with Gasteiger partial charge in [-0.3, -0.25) is 0 Å². The Morgan fingerprint density at radius 3 is 2.29 bits per heavy atom. The first-order chi connectivity index (χ1) is 6.90. The zero-order chi connectivity index (χ0) is 9.80. The molecule has 14 heavy (non-hydrogen) atoms. The van der Waals surface area contributed by atoms with Gasteiger partial charge in [-0.05, 0) is 18.6 Å². The molecule has 2 nitrogen and oxygen atoms in total. The maximum atomic E-state index is 4.44. The monoisotopic (exact) mass is 204 g/mol. The second-order valence-corrected chi connectivity index (χ2v) is 4.10. The zero-order valence-electron chi connectivity index (χ0n) is 8.10. The lowest BCUT2D eigenvalue weighted by Gasteiger charge is -1.88. The minimum Gasteiger partial charge on any atom is -0.221 e. The second-order valence-electron chi connectivity index (χ2n) is 3.04. The molecule has 0 aromatic heterocycles. The van der Waals surface area contributed by atoms with E-state index in [0.29, 0.717) is 0 Å². The van der Waals surface area contributed by atoms with Gasteiger partial charge in [0.25, 0.3) is 0 Å². The molecule has 1 aliphatic heterocycles. The van der Waals surface area contributed by atoms with Gasteiger partial charge in [0.15, 0.2) is 5.16 Å². The van der Waals surface area contributed by atoms with Crippen molar-refractivity contribution in [1.29, 1.82) is 0 Å². The Kier molecular flexibility index (Phi) is 2.99. The highest BCUT2D eigenvalue weighted by Gasteiger charge is 2.07. The van der Waals surface area contributed by atoms with Gasteiger partial charge >= 0.3 is 0 Å². The van der Waals surface area contributed by atoms with Gasteiger partial charge in [0, 0.05) is 5.75 Å². The van der Waals surface area contributed by atoms with Crippen molar-refractivity contribution in [2.24, 2.45) is 0 Å². The van der Waals surface area contributed by atoms with Crippen LogP contribution >= 0.6 is 11.8 Å². The van der Waals surface area contributed by atoms with Crippen LogP contribution in [0.5, 0.6) is 0 Å². The van der Waals surface area contributed by atoms with E-state index in [1.165, 1.54) is 0 Å². The summed E-state index contributed by atoms with van der Waals surface area (Å²) in [4.78, 5) is 8.88. The van der Waals surface area contributed by atoms with E-state index in [1.54, 1.807) is 11.8 Å². The maximum absolute atomic E-state index is 4.44. The fourth-order valence-electron chi connectivity index (χ4n) is 1.21. The van der Waals surface area contributed by atoms with E-state index in [-0.39, 0.29) is 0 Å². The topological polar surface area (TPSA) is 25.8 Å². The summed E-state index contributed by atoms with van der Waals surface area (Å²) in [5.41, 5.74) is 1.96. The molecule has 1 aliphatic carbocycles. The number of hydrogen-bond acceptors (Lipinski definition) is 3. The van der Waals surface area contributed by atoms with Crippen LogP contribution in [0, 0.1) is 0 Å². The highest BCUT2D eigenvalue weighted by Crippen LogP contribution is 2.23. The highest BCUT2D eigenvalue weighted by molar-refractivity contribution is 7.99. The summed E-state index contributed by atoms with van der Waals surface area (Å²) in [6.07, 6.45) is 1.16. The summed E-state index contributed by atoms with van der Waals surface area (Å²) in [6.45, 7) is 2.16. The zero-order valence-corrected chi connectivity index (χ0v) is 8.92. The van der Waals surface area contributed by atoms with Gasteiger partial charge in [-0.25, -0.2) is 9.97 Å². The highest BCUT2D eigenvalue weighted by atomic mass is 32.2. The van der Waals surface area contributed by atoms with E-state index >= 15 is 0 Å². The first kappa shape index (κ1) is 9.46. The standard InChI is InChI=1S/C11H12N2S/c1-2-8-14-11-12-9-6-4-3-5-7-10(9)13-11/h3-7H,2,8H2,1H3. The molecule has 0 fully saturated rings. The molecule has 1 heterocycles. The summed E-state index contributed by atoms with van der Waals surface area (Å²) in [5, 5.41) is 0.896. The van der Waals surface area contributed by atoms with Gasteiger partial charge in [0.2, 0.25) is 0 Å². The molecule has 0 aromatic carbocycles. The number of hydrogen-bond donors (Lipinski definition) is 0. The first-order valence-electron chi connectivity index (χ1n) is 4.76. The molecule has 0 saturated heterocycles. The van der Waals surface area contributed by atoms with E-state index < -0.39 is 0 Å². The lowest BCUT2D eigenvalue weighted by Crippen LogP contribution is -1.76. The van der Waals surface area contributed by atoms with Gasteiger partial charge < -0.3 is 0 Å². The van der Waals surface area contributed by atoms with E-state index in [4.69, 9.17) is 0 Å². The van der Waals surface area contributed by atoms with Crippen LogP contribution in [0.4, 0.5) is 0 Å². The molecular formula is C11H12N2S. The molecule has 0 bridgehead atoms. The maximum Gasteiger partial charge on any atom is 0.188 e. The Balaban J connectivity index is 2.29. The smallest absolute Gasteiger partial charge is 0.188 e. The third-order valence-electron chi connectivity index (χ3n) is 1.86. The average molecular weight is 204 g/mol. The molecular weight excluding hydrogens is 192 g/mol. The summed E-state index contributed by atoms with van der Waals surface area (Å²) >= 11 is 1.72. The van der Waals surface area contributed by atoms with Crippen molar-refractivity contribution in [3.8, 4) is 11.4 Å². The van der Waals surface area contributed by atoms with Crippen LogP contribution in [0.3, 0.4) is 0 Å². The minimum atomic E-state index is 0.896. The third kappa shape index (κ3) is 2.04. The lowest BCUT2D eigenvalue weighted by molar-refractivity contribution is 1.05. The Hall–Kier alpha value is -1.09. The number of fused-ring (bicyclic) bond motifs is 1. The van der Waals surface area contributed by atoms with E-state index in [1.807, 2.05) is 30.3 Å². The van der Waals surface area contributed by atoms with E-state index in [2.05, 4.69) is 16.9 Å². The van der Waals surface area contributed by atoms with Gasteiger partial charge in [-0.15, -0.1) is 0 Å². The van der Waals surface area contributed by atoms with Crippen molar-refractivity contribution in [3.05, 3.63) is 30.3 Å². The molecule has 0 amide bonds. The Bertz CT molecular complexity index is 358. The van der Waals surface area contributed by atoms with Crippen LogP contribution in [-0.2, 0) is 0 Å². The summed E-state index contributed by atoms with van der Waals surface area (Å²) in [6, 6.07) is 9.97. The predicted molar refractivity (Wildman–Crippen MR) is 59.7 cm³/mol. The average Bonchev–Trinajstić information content (AvgIpc) is 2.46. The number of aromatic nitrogens is 2. The molecule has 0 radical (unpaired) electrons. The van der Waals surface area contributed by atoms with Crippen LogP contribution in [0.2, 0.25) is 0 Å². The molecule has 0 N–H and O–H groups in total. The predicted octanol–water partition coefficient (Wildman–Crippen LogP) is 3.08. The minimum absolute atomic E-state index is 0.896. The number of nitrogens with zero attached hydrogens (tertiary/aromatic N) is 2. The van der Waals surface area contributed by atoms with Crippen LogP contribution in [0.15, 0.2) is 35.5 Å². The molecule has 72 valence electrons. The van der Waals surface area contributed by atoms with Crippen molar-refractivity contribution in [2.45, 2.75) is 18.5 Å². The fraction of sp³-hybridized carbons (Fsp3) is 0.273. The van der Waals surface area contributed by atoms with Crippen LogP contribution < -0.4 is 0 Å². The normalized spacial score (nSPS) is 10.6. The molecule has 0 saturated carbocycles. The Labute approximate surface area is 88.1 Å². The summed E-state index contributed by atoms with van der Waals surface area (Å²) in [7, 11) is 0. The number of imidazole rings is 1. The van der Waals surface area contributed by atoms with Crippen molar-refractivity contribution in [3.63, 3.8) is 0 Å². The molecule has 2 rings (SSSR count). The molecule has 0 spiro atoms. The van der Waals surface area contributed by atoms with Gasteiger partial charge in [-0.1, -0.05) is 36.9 Å². The Morgan fingerprint density at radius 2 is 1.71 bits per heavy atom. The van der Waals surface area contributed by atoms with Crippen LogP contribution in [-0.4, -0.2) is 15.7 Å². The molecule has 0 unspecified atom stereocenters. The lowest BCUT2D eigenvalue weighted by atomic mass is 10.3. The van der Waals surface area contributed by atoms with Gasteiger partial charge in [0.1, 0.15) is 0 Å². The summed E-state index contributed by atoms with van der Waals surface area (Å²) in [5.74, 6) is 1.09. The quantitative estimate of drug-likeness (QED) is 0.718. The van der Waals surface area contributed by atoms with Gasteiger partial charge in [0.05, 0.1) is 11.4 Å². The number of rotatable bonds is 3. The fourth-order valence-corrected chi connectivity index (χ4v) is 1.92. The second kappa shape index (κ2) is 4.42. The third-order valence-corrected chi connectivity index (χ3v) is 2.91. The largest absolute Gasteiger partial charge is 0.221 e. The number of thioether (sulfide) groups is 1. The molecule has 0 atom stereocenters. The van der Waals surface area contributed by atoms with Crippen molar-refractivity contribution >= 4 is 11.8 Å². The molecule has 0 aromatic rings. The van der Waals surface area contributed by atoms with Crippen molar-refractivity contribution < 1.29 is 0 Å². The molecule has 3 heteroatoms. The SMILES string of the molecule is CCCSc1nc2cccccc-2n1. The van der Waals surface area contributed by atoms with Crippen molar-refractivity contribution in [1.82, 2.24) is 9.97 Å². The van der Waals surface area contributed by atoms with Crippen LogP contribution in [0.25, 0.3) is 11.4 Å². The molecule has 2 aliphatic rings. The van der Waals surface area contributed by atoms with Crippen molar-refractivity contribution in [2.75, 3.05) is 5.75 Å². The summed E-state index contributed by atoms with van der Waals surface area (Å²) < 4.78 is 0. The van der Waals surface area contributed by atoms with Gasteiger partial charge in [-0.2, -0.15) is 0 Å².